The Morgan fingerprint density at radius 1 is 1.08 bits per heavy atom. The number of esters is 2. The first kappa shape index (κ1) is 26.8. The summed E-state index contributed by atoms with van der Waals surface area (Å²) >= 11 is 0. The van der Waals surface area contributed by atoms with Gasteiger partial charge in [-0.3, -0.25) is 9.59 Å². The van der Waals surface area contributed by atoms with Crippen molar-refractivity contribution in [3.63, 3.8) is 0 Å². The molecule has 2 aromatic carbocycles. The van der Waals surface area contributed by atoms with Crippen LogP contribution in [0.5, 0.6) is 0 Å². The van der Waals surface area contributed by atoms with Crippen LogP contribution in [0.15, 0.2) is 42.5 Å². The number of benzene rings is 2. The minimum Gasteiger partial charge on any atom is -0.458 e. The van der Waals surface area contributed by atoms with E-state index in [2.05, 4.69) is 30.3 Å². The van der Waals surface area contributed by atoms with E-state index >= 15 is 0 Å². The largest absolute Gasteiger partial charge is 0.458 e. The number of carbonyl (C=O) groups excluding carboxylic acids is 2. The Hall–Kier alpha value is -3.21. The van der Waals surface area contributed by atoms with Gasteiger partial charge in [0.2, 0.25) is 5.79 Å². The quantitative estimate of drug-likeness (QED) is 0.459. The molecule has 1 heterocycles. The number of hydrogen-bond donors (Lipinski definition) is 0. The molecule has 5 atom stereocenters. The molecule has 7 nitrogen and oxygen atoms in total. The molecule has 0 radical (unpaired) electrons. The summed E-state index contributed by atoms with van der Waals surface area (Å²) in [5, 5.41) is 9.83. The standard InChI is InChI=1S/C30H35NO6/c1-6-27-18(2)28(35-19(3)32)29(36-20(4)33)30(34-5,37-27)26-14-13-24(17-31)25(16-26)15-21-7-9-22(10-8-21)23-11-12-23/h7-10,13-14,16,18,23,27-29H,6,11-12,15H2,1-5H3/t18-,27-,28+,29-,30+/m1/s1. The first-order valence-electron chi connectivity index (χ1n) is 12.9. The Kier molecular flexibility index (Phi) is 8.01. The first-order chi connectivity index (χ1) is 17.7. The highest BCUT2D eigenvalue weighted by atomic mass is 16.7. The Labute approximate surface area is 218 Å². The highest BCUT2D eigenvalue weighted by Gasteiger charge is 2.58. The summed E-state index contributed by atoms with van der Waals surface area (Å²) in [5.41, 5.74) is 4.37. The number of carbonyl (C=O) groups is 2. The molecule has 1 saturated heterocycles. The van der Waals surface area contributed by atoms with Gasteiger partial charge in [0.1, 0.15) is 6.10 Å². The molecule has 2 aliphatic rings. The predicted octanol–water partition coefficient (Wildman–Crippen LogP) is 5.13. The van der Waals surface area contributed by atoms with Crippen molar-refractivity contribution < 1.29 is 28.5 Å². The fourth-order valence-electron chi connectivity index (χ4n) is 5.37. The van der Waals surface area contributed by atoms with Gasteiger partial charge in [-0.25, -0.2) is 0 Å². The lowest BCUT2D eigenvalue weighted by molar-refractivity contribution is -0.356. The summed E-state index contributed by atoms with van der Waals surface area (Å²) in [6.45, 7) is 6.52. The minimum atomic E-state index is -1.53. The Morgan fingerprint density at radius 3 is 2.30 bits per heavy atom. The summed E-state index contributed by atoms with van der Waals surface area (Å²) in [6.07, 6.45) is 1.51. The summed E-state index contributed by atoms with van der Waals surface area (Å²) < 4.78 is 24.0. The van der Waals surface area contributed by atoms with Gasteiger partial charge >= 0.3 is 11.9 Å². The van der Waals surface area contributed by atoms with Gasteiger partial charge in [-0.05, 0) is 60.4 Å². The molecule has 2 aromatic rings. The molecular formula is C30H35NO6. The molecule has 0 bridgehead atoms. The van der Waals surface area contributed by atoms with E-state index in [1.165, 1.54) is 39.4 Å². The van der Waals surface area contributed by atoms with Gasteiger partial charge in [0.15, 0.2) is 6.10 Å². The van der Waals surface area contributed by atoms with Crippen molar-refractivity contribution in [1.29, 1.82) is 5.26 Å². The van der Waals surface area contributed by atoms with Crippen LogP contribution in [0.1, 0.15) is 80.7 Å². The first-order valence-corrected chi connectivity index (χ1v) is 12.9. The Balaban J connectivity index is 1.77. The third-order valence-electron chi connectivity index (χ3n) is 7.46. The van der Waals surface area contributed by atoms with E-state index in [-0.39, 0.29) is 12.0 Å². The number of nitrogens with zero attached hydrogens (tertiary/aromatic N) is 1. The lowest BCUT2D eigenvalue weighted by Gasteiger charge is -2.50. The van der Waals surface area contributed by atoms with E-state index in [1.807, 2.05) is 19.9 Å². The van der Waals surface area contributed by atoms with Crippen molar-refractivity contribution in [2.75, 3.05) is 7.11 Å². The van der Waals surface area contributed by atoms with Gasteiger partial charge in [0, 0.05) is 32.4 Å². The monoisotopic (exact) mass is 505 g/mol. The molecule has 7 heteroatoms. The molecular weight excluding hydrogens is 470 g/mol. The second kappa shape index (κ2) is 11.0. The maximum atomic E-state index is 12.2. The normalized spacial score (nSPS) is 27.2. The topological polar surface area (TPSA) is 94.9 Å². The average Bonchev–Trinajstić information content (AvgIpc) is 3.72. The molecule has 0 aromatic heterocycles. The third-order valence-corrected chi connectivity index (χ3v) is 7.46. The highest BCUT2D eigenvalue weighted by molar-refractivity contribution is 5.67. The van der Waals surface area contributed by atoms with Gasteiger partial charge in [-0.15, -0.1) is 0 Å². The number of nitriles is 1. The van der Waals surface area contributed by atoms with Gasteiger partial charge in [0.25, 0.3) is 0 Å². The predicted molar refractivity (Wildman–Crippen MR) is 137 cm³/mol. The van der Waals surface area contributed by atoms with Crippen LogP contribution in [-0.2, 0) is 40.7 Å². The van der Waals surface area contributed by atoms with Crippen molar-refractivity contribution in [2.24, 2.45) is 5.92 Å². The van der Waals surface area contributed by atoms with Gasteiger partial charge < -0.3 is 18.9 Å². The molecule has 0 N–H and O–H groups in total. The molecule has 196 valence electrons. The summed E-state index contributed by atoms with van der Waals surface area (Å²) in [6, 6.07) is 16.2. The Morgan fingerprint density at radius 2 is 1.76 bits per heavy atom. The van der Waals surface area contributed by atoms with Crippen molar-refractivity contribution in [2.45, 2.75) is 83.4 Å². The fraction of sp³-hybridized carbons (Fsp3) is 0.500. The van der Waals surface area contributed by atoms with Crippen molar-refractivity contribution in [1.82, 2.24) is 0 Å². The smallest absolute Gasteiger partial charge is 0.303 e. The van der Waals surface area contributed by atoms with Gasteiger partial charge in [0.05, 0.1) is 17.7 Å². The number of hydrogen-bond acceptors (Lipinski definition) is 7. The van der Waals surface area contributed by atoms with E-state index < -0.39 is 29.9 Å². The second-order valence-corrected chi connectivity index (χ2v) is 10.1. The molecule has 37 heavy (non-hydrogen) atoms. The molecule has 1 aliphatic heterocycles. The zero-order valence-electron chi connectivity index (χ0n) is 22.2. The summed E-state index contributed by atoms with van der Waals surface area (Å²) in [4.78, 5) is 24.3. The molecule has 2 fully saturated rings. The Bertz CT molecular complexity index is 1180. The second-order valence-electron chi connectivity index (χ2n) is 10.1. The van der Waals surface area contributed by atoms with Crippen LogP contribution in [0.4, 0.5) is 0 Å². The van der Waals surface area contributed by atoms with Crippen LogP contribution < -0.4 is 0 Å². The number of rotatable bonds is 8. The van der Waals surface area contributed by atoms with E-state index in [0.717, 1.165) is 11.1 Å². The van der Waals surface area contributed by atoms with E-state index in [4.69, 9.17) is 18.9 Å². The van der Waals surface area contributed by atoms with Crippen LogP contribution >= 0.6 is 0 Å². The number of methoxy groups -OCH3 is 1. The van der Waals surface area contributed by atoms with Crippen molar-refractivity contribution in [3.05, 3.63) is 70.3 Å². The summed E-state index contributed by atoms with van der Waals surface area (Å²) in [5.74, 6) is -2.12. The summed E-state index contributed by atoms with van der Waals surface area (Å²) in [7, 11) is 1.48. The van der Waals surface area contributed by atoms with E-state index in [9.17, 15) is 14.9 Å². The molecule has 0 unspecified atom stereocenters. The molecule has 1 saturated carbocycles. The lowest BCUT2D eigenvalue weighted by atomic mass is 9.81. The van der Waals surface area contributed by atoms with E-state index in [0.29, 0.717) is 29.9 Å². The SMILES string of the molecule is CC[C@H]1O[C@@](OC)(c2ccc(C#N)c(Cc3ccc(C4CC4)cc3)c2)[C@H](OC(C)=O)[C@@H](OC(C)=O)[C@@H]1C. The van der Waals surface area contributed by atoms with Crippen LogP contribution in [0.25, 0.3) is 0 Å². The van der Waals surface area contributed by atoms with E-state index in [1.54, 1.807) is 12.1 Å². The maximum absolute atomic E-state index is 12.2. The van der Waals surface area contributed by atoms with Crippen molar-refractivity contribution in [3.8, 4) is 6.07 Å². The highest BCUT2D eigenvalue weighted by Crippen LogP contribution is 2.45. The lowest BCUT2D eigenvalue weighted by Crippen LogP contribution is -2.62. The minimum absolute atomic E-state index is 0.246. The van der Waals surface area contributed by atoms with Gasteiger partial charge in [-0.2, -0.15) is 5.26 Å². The zero-order valence-corrected chi connectivity index (χ0v) is 22.2. The fourth-order valence-corrected chi connectivity index (χ4v) is 5.37. The zero-order chi connectivity index (χ0) is 26.7. The molecule has 0 amide bonds. The van der Waals surface area contributed by atoms with Gasteiger partial charge in [-0.1, -0.05) is 44.2 Å². The molecule has 0 spiro atoms. The van der Waals surface area contributed by atoms with Crippen LogP contribution in [-0.4, -0.2) is 37.4 Å². The van der Waals surface area contributed by atoms with Crippen LogP contribution in [0.3, 0.4) is 0 Å². The maximum Gasteiger partial charge on any atom is 0.303 e. The molecule has 1 aliphatic carbocycles. The molecule has 4 rings (SSSR count). The number of ether oxygens (including phenoxy) is 4. The average molecular weight is 506 g/mol. The third kappa shape index (κ3) is 5.56. The van der Waals surface area contributed by atoms with Crippen molar-refractivity contribution >= 4 is 11.9 Å². The van der Waals surface area contributed by atoms with Crippen LogP contribution in [0.2, 0.25) is 0 Å². The van der Waals surface area contributed by atoms with Crippen LogP contribution in [0, 0.1) is 17.2 Å².